The number of guanidine groups is 1. The van der Waals surface area contributed by atoms with Crippen LogP contribution in [-0.4, -0.2) is 49.1 Å². The quantitative estimate of drug-likeness (QED) is 0.389. The first kappa shape index (κ1) is 16.8. The Labute approximate surface area is 133 Å². The Kier molecular flexibility index (Phi) is 7.22. The van der Waals surface area contributed by atoms with Crippen molar-refractivity contribution in [3.63, 3.8) is 0 Å². The molecule has 0 spiro atoms. The molecule has 1 aliphatic carbocycles. The van der Waals surface area contributed by atoms with Gasteiger partial charge < -0.3 is 15.4 Å². The number of hydrogen-bond donors (Lipinski definition) is 2. The molecule has 2 rings (SSSR count). The Bertz CT molecular complexity index is 453. The van der Waals surface area contributed by atoms with E-state index >= 15 is 0 Å². The van der Waals surface area contributed by atoms with Crippen LogP contribution in [0.4, 0.5) is 0 Å². The topological polar surface area (TPSA) is 63.5 Å². The summed E-state index contributed by atoms with van der Waals surface area (Å²) in [5, 5.41) is 10.8. The normalized spacial score (nSPS) is 15.1. The van der Waals surface area contributed by atoms with Gasteiger partial charge in [-0.15, -0.1) is 0 Å². The molecule has 0 amide bonds. The molecule has 1 aromatic rings. The lowest BCUT2D eigenvalue weighted by atomic mass is 10.2. The Morgan fingerprint density at radius 2 is 2.14 bits per heavy atom. The third-order valence-electron chi connectivity index (χ3n) is 3.73. The van der Waals surface area contributed by atoms with E-state index in [-0.39, 0.29) is 0 Å². The predicted molar refractivity (Wildman–Crippen MR) is 89.1 cm³/mol. The molecule has 6 nitrogen and oxygen atoms in total. The lowest BCUT2D eigenvalue weighted by Gasteiger charge is -2.11. The SMILES string of the molecule is CN=C(NCCCOCC1CC1)NCCCc1cnn(C)c1. The van der Waals surface area contributed by atoms with Crippen LogP contribution in [0.25, 0.3) is 0 Å². The zero-order chi connectivity index (χ0) is 15.6. The van der Waals surface area contributed by atoms with Crippen molar-refractivity contribution >= 4 is 5.96 Å². The average Bonchev–Trinajstić information content (AvgIpc) is 3.25. The van der Waals surface area contributed by atoms with E-state index in [4.69, 9.17) is 4.74 Å². The summed E-state index contributed by atoms with van der Waals surface area (Å²) in [5.74, 6) is 1.72. The number of ether oxygens (including phenoxy) is 1. The molecule has 22 heavy (non-hydrogen) atoms. The first-order valence-corrected chi connectivity index (χ1v) is 8.27. The number of rotatable bonds is 10. The molecule has 0 unspecified atom stereocenters. The summed E-state index contributed by atoms with van der Waals surface area (Å²) >= 11 is 0. The molecule has 1 heterocycles. The molecule has 1 fully saturated rings. The highest BCUT2D eigenvalue weighted by Gasteiger charge is 2.20. The highest BCUT2D eigenvalue weighted by atomic mass is 16.5. The molecule has 6 heteroatoms. The van der Waals surface area contributed by atoms with Gasteiger partial charge >= 0.3 is 0 Å². The standard InChI is InChI=1S/C16H29N5O/c1-17-16(19-9-4-10-22-13-14-6-7-14)18-8-3-5-15-11-20-21(2)12-15/h11-12,14H,3-10,13H2,1-2H3,(H2,17,18,19). The molecular weight excluding hydrogens is 278 g/mol. The van der Waals surface area contributed by atoms with Crippen LogP contribution in [0.5, 0.6) is 0 Å². The lowest BCUT2D eigenvalue weighted by Crippen LogP contribution is -2.38. The minimum atomic E-state index is 0.835. The van der Waals surface area contributed by atoms with Crippen molar-refractivity contribution < 1.29 is 4.74 Å². The number of hydrogen-bond acceptors (Lipinski definition) is 3. The fraction of sp³-hybridized carbons (Fsp3) is 0.750. The molecule has 2 N–H and O–H groups in total. The molecule has 1 aliphatic rings. The van der Waals surface area contributed by atoms with Crippen LogP contribution >= 0.6 is 0 Å². The highest BCUT2D eigenvalue weighted by Crippen LogP contribution is 2.28. The van der Waals surface area contributed by atoms with Crippen molar-refractivity contribution in [1.82, 2.24) is 20.4 Å². The van der Waals surface area contributed by atoms with Gasteiger partial charge in [0.05, 0.1) is 6.20 Å². The van der Waals surface area contributed by atoms with Gasteiger partial charge in [-0.25, -0.2) is 0 Å². The van der Waals surface area contributed by atoms with E-state index in [1.54, 1.807) is 7.05 Å². The molecule has 124 valence electrons. The smallest absolute Gasteiger partial charge is 0.190 e. The highest BCUT2D eigenvalue weighted by molar-refractivity contribution is 5.79. The van der Waals surface area contributed by atoms with E-state index in [9.17, 15) is 0 Å². The average molecular weight is 307 g/mol. The van der Waals surface area contributed by atoms with Crippen LogP contribution in [0.2, 0.25) is 0 Å². The maximum atomic E-state index is 5.61. The Morgan fingerprint density at radius 1 is 1.36 bits per heavy atom. The minimum Gasteiger partial charge on any atom is -0.381 e. The Balaban J connectivity index is 1.45. The van der Waals surface area contributed by atoms with Crippen molar-refractivity contribution in [2.75, 3.05) is 33.4 Å². The molecule has 0 radical (unpaired) electrons. The van der Waals surface area contributed by atoms with Crippen LogP contribution < -0.4 is 10.6 Å². The zero-order valence-electron chi connectivity index (χ0n) is 13.8. The summed E-state index contributed by atoms with van der Waals surface area (Å²) in [7, 11) is 3.75. The molecule has 0 aromatic carbocycles. The lowest BCUT2D eigenvalue weighted by molar-refractivity contribution is 0.123. The molecule has 0 bridgehead atoms. The molecule has 0 aliphatic heterocycles. The van der Waals surface area contributed by atoms with Crippen molar-refractivity contribution in [3.8, 4) is 0 Å². The number of aliphatic imine (C=N–C) groups is 1. The molecule has 0 saturated heterocycles. The van der Waals surface area contributed by atoms with Crippen LogP contribution in [0.15, 0.2) is 17.4 Å². The third-order valence-corrected chi connectivity index (χ3v) is 3.73. The number of nitrogens with zero attached hydrogens (tertiary/aromatic N) is 3. The first-order chi connectivity index (χ1) is 10.8. The predicted octanol–water partition coefficient (Wildman–Crippen LogP) is 1.33. The second kappa shape index (κ2) is 9.46. The molecule has 0 atom stereocenters. The van der Waals surface area contributed by atoms with Crippen molar-refractivity contribution in [1.29, 1.82) is 0 Å². The van der Waals surface area contributed by atoms with Gasteiger partial charge in [0, 0.05) is 46.6 Å². The summed E-state index contributed by atoms with van der Waals surface area (Å²) in [6, 6.07) is 0. The van der Waals surface area contributed by atoms with Crippen molar-refractivity contribution in [2.45, 2.75) is 32.1 Å². The van der Waals surface area contributed by atoms with Gasteiger partial charge in [0.15, 0.2) is 5.96 Å². The van der Waals surface area contributed by atoms with E-state index in [1.807, 2.05) is 17.9 Å². The van der Waals surface area contributed by atoms with E-state index in [1.165, 1.54) is 18.4 Å². The van der Waals surface area contributed by atoms with Crippen molar-refractivity contribution in [3.05, 3.63) is 18.0 Å². The van der Waals surface area contributed by atoms with Crippen LogP contribution in [0, 0.1) is 5.92 Å². The molecular formula is C16H29N5O. The minimum absolute atomic E-state index is 0.835. The van der Waals surface area contributed by atoms with Crippen LogP contribution in [0.1, 0.15) is 31.2 Å². The second-order valence-corrected chi connectivity index (χ2v) is 5.92. The summed E-state index contributed by atoms with van der Waals surface area (Å²) in [6.07, 6.45) is 9.82. The fourth-order valence-corrected chi connectivity index (χ4v) is 2.24. The monoisotopic (exact) mass is 307 g/mol. The van der Waals surface area contributed by atoms with Gasteiger partial charge in [0.25, 0.3) is 0 Å². The van der Waals surface area contributed by atoms with E-state index < -0.39 is 0 Å². The first-order valence-electron chi connectivity index (χ1n) is 8.27. The van der Waals surface area contributed by atoms with E-state index in [0.29, 0.717) is 0 Å². The molecule has 1 aromatic heterocycles. The van der Waals surface area contributed by atoms with Crippen LogP contribution in [-0.2, 0) is 18.2 Å². The summed E-state index contributed by atoms with van der Waals surface area (Å²) < 4.78 is 7.46. The number of aryl methyl sites for hydroxylation is 2. The van der Waals surface area contributed by atoms with Gasteiger partial charge in [-0.3, -0.25) is 9.67 Å². The Hall–Kier alpha value is -1.56. The number of nitrogens with one attached hydrogen (secondary N) is 2. The summed E-state index contributed by atoms with van der Waals surface area (Å²) in [5.41, 5.74) is 1.28. The van der Waals surface area contributed by atoms with E-state index in [2.05, 4.69) is 26.9 Å². The van der Waals surface area contributed by atoms with Gasteiger partial charge in [0.2, 0.25) is 0 Å². The largest absolute Gasteiger partial charge is 0.381 e. The zero-order valence-corrected chi connectivity index (χ0v) is 13.8. The van der Waals surface area contributed by atoms with E-state index in [0.717, 1.165) is 57.4 Å². The van der Waals surface area contributed by atoms with Gasteiger partial charge in [0.1, 0.15) is 0 Å². The Morgan fingerprint density at radius 3 is 2.77 bits per heavy atom. The molecule has 1 saturated carbocycles. The fourth-order valence-electron chi connectivity index (χ4n) is 2.24. The maximum Gasteiger partial charge on any atom is 0.190 e. The van der Waals surface area contributed by atoms with Gasteiger partial charge in [-0.1, -0.05) is 0 Å². The van der Waals surface area contributed by atoms with Crippen LogP contribution in [0.3, 0.4) is 0 Å². The van der Waals surface area contributed by atoms with Gasteiger partial charge in [-0.2, -0.15) is 5.10 Å². The van der Waals surface area contributed by atoms with Crippen molar-refractivity contribution in [2.24, 2.45) is 18.0 Å². The third kappa shape index (κ3) is 6.93. The second-order valence-electron chi connectivity index (χ2n) is 5.92. The maximum absolute atomic E-state index is 5.61. The summed E-state index contributed by atoms with van der Waals surface area (Å²) in [4.78, 5) is 4.23. The number of aromatic nitrogens is 2. The summed E-state index contributed by atoms with van der Waals surface area (Å²) in [6.45, 7) is 3.59. The van der Waals surface area contributed by atoms with Gasteiger partial charge in [-0.05, 0) is 43.6 Å².